The van der Waals surface area contributed by atoms with Crippen molar-refractivity contribution < 1.29 is 9.59 Å². The Bertz CT molecular complexity index is 493. The first-order valence-corrected chi connectivity index (χ1v) is 8.91. The van der Waals surface area contributed by atoms with Crippen LogP contribution in [-0.2, 0) is 0 Å². The lowest BCUT2D eigenvalue weighted by Crippen LogP contribution is -2.30. The molecule has 1 heterocycles. The molecular formula is C19H28N2O2. The van der Waals surface area contributed by atoms with Crippen LogP contribution in [0.5, 0.6) is 0 Å². The second-order valence-corrected chi connectivity index (χ2v) is 6.28. The van der Waals surface area contributed by atoms with Crippen LogP contribution < -0.4 is 5.73 Å². The second-order valence-electron chi connectivity index (χ2n) is 6.28. The molecule has 0 aromatic heterocycles. The van der Waals surface area contributed by atoms with Crippen LogP contribution in [0.4, 0.5) is 0 Å². The fraction of sp³-hybridized carbons (Fsp3) is 0.579. The predicted octanol–water partition coefficient (Wildman–Crippen LogP) is 3.75. The van der Waals surface area contributed by atoms with Gasteiger partial charge in [-0.1, -0.05) is 57.1 Å². The molecule has 2 rings (SSSR count). The van der Waals surface area contributed by atoms with E-state index in [2.05, 4.69) is 0 Å². The molecule has 0 saturated carbocycles. The standard InChI is InChI=1S/C19H28N2O2/c20-14-10-6-4-2-1-3-5-7-11-15-21-18(22)16-12-8-9-13-17(16)19(21)23/h8-9,12-13H,1-7,10-11,14-15,20H2. The summed E-state index contributed by atoms with van der Waals surface area (Å²) in [6, 6.07) is 7.09. The van der Waals surface area contributed by atoms with E-state index in [0.29, 0.717) is 17.7 Å². The molecule has 2 amide bonds. The van der Waals surface area contributed by atoms with Gasteiger partial charge < -0.3 is 5.73 Å². The molecular weight excluding hydrogens is 288 g/mol. The highest BCUT2D eigenvalue weighted by molar-refractivity contribution is 6.21. The van der Waals surface area contributed by atoms with Gasteiger partial charge in [-0.15, -0.1) is 0 Å². The maximum Gasteiger partial charge on any atom is 0.261 e. The van der Waals surface area contributed by atoms with Gasteiger partial charge in [0.2, 0.25) is 0 Å². The number of imide groups is 1. The van der Waals surface area contributed by atoms with E-state index in [4.69, 9.17) is 5.73 Å². The molecule has 4 nitrogen and oxygen atoms in total. The fourth-order valence-electron chi connectivity index (χ4n) is 3.09. The molecule has 1 aliphatic rings. The largest absolute Gasteiger partial charge is 0.330 e. The van der Waals surface area contributed by atoms with E-state index >= 15 is 0 Å². The van der Waals surface area contributed by atoms with Crippen LogP contribution in [-0.4, -0.2) is 29.8 Å². The normalized spacial score (nSPS) is 13.7. The molecule has 0 radical (unpaired) electrons. The Labute approximate surface area is 139 Å². The van der Waals surface area contributed by atoms with Crippen molar-refractivity contribution >= 4 is 11.8 Å². The van der Waals surface area contributed by atoms with Gasteiger partial charge in [-0.3, -0.25) is 14.5 Å². The van der Waals surface area contributed by atoms with Crippen LogP contribution in [0.25, 0.3) is 0 Å². The van der Waals surface area contributed by atoms with Crippen LogP contribution >= 0.6 is 0 Å². The molecule has 1 aromatic rings. The van der Waals surface area contributed by atoms with E-state index in [0.717, 1.165) is 25.8 Å². The molecule has 2 N–H and O–H groups in total. The Kier molecular flexibility index (Phi) is 7.27. The van der Waals surface area contributed by atoms with Gasteiger partial charge in [0.25, 0.3) is 11.8 Å². The average Bonchev–Trinajstić information content (AvgIpc) is 2.81. The van der Waals surface area contributed by atoms with Gasteiger partial charge in [0, 0.05) is 6.54 Å². The van der Waals surface area contributed by atoms with Crippen molar-refractivity contribution in [2.75, 3.05) is 13.1 Å². The summed E-state index contributed by atoms with van der Waals surface area (Å²) < 4.78 is 0. The highest BCUT2D eigenvalue weighted by Gasteiger charge is 2.34. The van der Waals surface area contributed by atoms with Crippen molar-refractivity contribution in [3.05, 3.63) is 35.4 Å². The van der Waals surface area contributed by atoms with Gasteiger partial charge in [-0.05, 0) is 31.5 Å². The summed E-state index contributed by atoms with van der Waals surface area (Å²) in [7, 11) is 0. The molecule has 1 aliphatic heterocycles. The van der Waals surface area contributed by atoms with Crippen molar-refractivity contribution in [2.45, 2.75) is 57.8 Å². The molecule has 0 saturated heterocycles. The Balaban J connectivity index is 1.57. The van der Waals surface area contributed by atoms with Crippen molar-refractivity contribution in [2.24, 2.45) is 5.73 Å². The van der Waals surface area contributed by atoms with Gasteiger partial charge >= 0.3 is 0 Å². The zero-order valence-electron chi connectivity index (χ0n) is 13.9. The third-order valence-corrected chi connectivity index (χ3v) is 4.46. The van der Waals surface area contributed by atoms with Crippen molar-refractivity contribution in [3.63, 3.8) is 0 Å². The Morgan fingerprint density at radius 3 is 1.61 bits per heavy atom. The summed E-state index contributed by atoms with van der Waals surface area (Å²) in [6.45, 7) is 1.35. The van der Waals surface area contributed by atoms with Gasteiger partial charge in [0.1, 0.15) is 0 Å². The second kappa shape index (κ2) is 9.46. The number of hydrogen-bond donors (Lipinski definition) is 1. The monoisotopic (exact) mass is 316 g/mol. The van der Waals surface area contributed by atoms with E-state index in [-0.39, 0.29) is 11.8 Å². The first-order chi connectivity index (χ1) is 11.3. The quantitative estimate of drug-likeness (QED) is 0.499. The molecule has 0 spiro atoms. The highest BCUT2D eigenvalue weighted by atomic mass is 16.2. The number of carbonyl (C=O) groups excluding carboxylic acids is 2. The Hall–Kier alpha value is -1.68. The minimum Gasteiger partial charge on any atom is -0.330 e. The molecule has 0 atom stereocenters. The third kappa shape index (κ3) is 4.90. The molecule has 0 aliphatic carbocycles. The minimum absolute atomic E-state index is 0.134. The smallest absolute Gasteiger partial charge is 0.261 e. The number of unbranched alkanes of at least 4 members (excludes halogenated alkanes) is 8. The predicted molar refractivity (Wildman–Crippen MR) is 92.4 cm³/mol. The van der Waals surface area contributed by atoms with Crippen molar-refractivity contribution in [1.29, 1.82) is 0 Å². The zero-order valence-corrected chi connectivity index (χ0v) is 13.9. The topological polar surface area (TPSA) is 63.4 Å². The van der Waals surface area contributed by atoms with Gasteiger partial charge in [0.05, 0.1) is 11.1 Å². The number of rotatable bonds is 11. The van der Waals surface area contributed by atoms with E-state index in [9.17, 15) is 9.59 Å². The first-order valence-electron chi connectivity index (χ1n) is 8.91. The lowest BCUT2D eigenvalue weighted by molar-refractivity contribution is 0.0651. The number of nitrogens with two attached hydrogens (primary N) is 1. The lowest BCUT2D eigenvalue weighted by atomic mass is 10.1. The molecule has 0 fully saturated rings. The SMILES string of the molecule is NCCCCCCCCCCCN1C(=O)c2ccccc2C1=O. The number of benzene rings is 1. The third-order valence-electron chi connectivity index (χ3n) is 4.46. The van der Waals surface area contributed by atoms with Crippen LogP contribution in [0.15, 0.2) is 24.3 Å². The van der Waals surface area contributed by atoms with Crippen LogP contribution in [0.3, 0.4) is 0 Å². The summed E-state index contributed by atoms with van der Waals surface area (Å²) in [6.07, 6.45) is 10.6. The summed E-state index contributed by atoms with van der Waals surface area (Å²) in [5, 5.41) is 0. The summed E-state index contributed by atoms with van der Waals surface area (Å²) >= 11 is 0. The maximum absolute atomic E-state index is 12.2. The molecule has 0 unspecified atom stereocenters. The van der Waals surface area contributed by atoms with Gasteiger partial charge in [0.15, 0.2) is 0 Å². The van der Waals surface area contributed by atoms with E-state index < -0.39 is 0 Å². The number of amides is 2. The molecule has 0 bridgehead atoms. The van der Waals surface area contributed by atoms with E-state index in [1.54, 1.807) is 24.3 Å². The van der Waals surface area contributed by atoms with Crippen LogP contribution in [0, 0.1) is 0 Å². The summed E-state index contributed by atoms with van der Waals surface area (Å²) in [5.74, 6) is -0.268. The van der Waals surface area contributed by atoms with Crippen LogP contribution in [0.1, 0.15) is 78.5 Å². The number of fused-ring (bicyclic) bond motifs is 1. The molecule has 1 aromatic carbocycles. The average molecular weight is 316 g/mol. The number of carbonyl (C=O) groups is 2. The lowest BCUT2D eigenvalue weighted by Gasteiger charge is -2.13. The van der Waals surface area contributed by atoms with Crippen molar-refractivity contribution in [3.8, 4) is 0 Å². The van der Waals surface area contributed by atoms with Crippen LogP contribution in [0.2, 0.25) is 0 Å². The summed E-state index contributed by atoms with van der Waals surface area (Å²) in [5.41, 5.74) is 6.57. The molecule has 23 heavy (non-hydrogen) atoms. The minimum atomic E-state index is -0.134. The molecule has 4 heteroatoms. The van der Waals surface area contributed by atoms with E-state index in [1.165, 1.54) is 43.4 Å². The zero-order chi connectivity index (χ0) is 16.5. The van der Waals surface area contributed by atoms with E-state index in [1.807, 2.05) is 0 Å². The fourth-order valence-corrected chi connectivity index (χ4v) is 3.09. The highest BCUT2D eigenvalue weighted by Crippen LogP contribution is 2.22. The molecule has 126 valence electrons. The Morgan fingerprint density at radius 1 is 0.696 bits per heavy atom. The Morgan fingerprint density at radius 2 is 1.13 bits per heavy atom. The summed E-state index contributed by atoms with van der Waals surface area (Å²) in [4.78, 5) is 25.8. The van der Waals surface area contributed by atoms with Gasteiger partial charge in [-0.25, -0.2) is 0 Å². The van der Waals surface area contributed by atoms with Gasteiger partial charge in [-0.2, -0.15) is 0 Å². The maximum atomic E-state index is 12.2. The number of hydrogen-bond acceptors (Lipinski definition) is 3. The first kappa shape index (κ1) is 17.7. The van der Waals surface area contributed by atoms with Crippen molar-refractivity contribution in [1.82, 2.24) is 4.90 Å². The number of nitrogens with zero attached hydrogens (tertiary/aromatic N) is 1.